The molecule has 8 N–H and O–H groups in total. The lowest BCUT2D eigenvalue weighted by Crippen LogP contribution is -2.75. The highest BCUT2D eigenvalue weighted by molar-refractivity contribution is 8.13. The fourth-order valence-electron chi connectivity index (χ4n) is 2.17. The highest BCUT2D eigenvalue weighted by atomic mass is 32.3. The van der Waals surface area contributed by atoms with Crippen molar-refractivity contribution in [1.82, 2.24) is 10.6 Å². The van der Waals surface area contributed by atoms with Gasteiger partial charge in [-0.25, -0.2) is 0 Å². The maximum Gasteiger partial charge on any atom is 0.304 e. The minimum absolute atomic E-state index is 0.735. The first-order chi connectivity index (χ1) is 16.7. The topological polar surface area (TPSA) is 184 Å². The minimum Gasteiger partial charge on any atom is -0.759 e. The summed E-state index contributed by atoms with van der Waals surface area (Å²) in [6.45, 7) is 14.5. The van der Waals surface area contributed by atoms with Crippen molar-refractivity contribution in [2.75, 3.05) is 50.8 Å². The van der Waals surface area contributed by atoms with Gasteiger partial charge in [-0.1, -0.05) is 53.4 Å². The maximum atomic E-state index is 8.52. The molecule has 0 saturated carbocycles. The molecule has 0 spiro atoms. The zero-order valence-electron chi connectivity index (χ0n) is 22.3. The minimum atomic E-state index is -5.17. The van der Waals surface area contributed by atoms with E-state index in [1.807, 2.05) is 0 Å². The second-order valence-corrected chi connectivity index (χ2v) is 10.5. The first-order valence-corrected chi connectivity index (χ1v) is 16.0. The first-order valence-electron chi connectivity index (χ1n) is 12.7. The Bertz CT molecular complexity index is 550. The van der Waals surface area contributed by atoms with Crippen LogP contribution in [0.2, 0.25) is 0 Å². The number of rotatable bonds is 16. The fourth-order valence-corrected chi connectivity index (χ4v) is 3.63. The van der Waals surface area contributed by atoms with Gasteiger partial charge in [-0.2, -0.15) is 0 Å². The Kier molecular flexibility index (Phi) is 35.0. The van der Waals surface area contributed by atoms with Gasteiger partial charge in [-0.05, 0) is 49.2 Å². The summed E-state index contributed by atoms with van der Waals surface area (Å²) in [5.41, 5.74) is 11.0. The van der Waals surface area contributed by atoms with E-state index in [0.717, 1.165) is 50.8 Å². The van der Waals surface area contributed by atoms with Gasteiger partial charge in [-0.3, -0.25) is 29.0 Å². The molecular weight excluding hydrogens is 508 g/mol. The van der Waals surface area contributed by atoms with E-state index in [2.05, 4.69) is 48.3 Å². The number of hydrogen-bond acceptors (Lipinski definition) is 8. The molecule has 0 rings (SSSR count). The Balaban J connectivity index is -0.000000491. The summed E-state index contributed by atoms with van der Waals surface area (Å²) in [6, 6.07) is 0. The molecule has 0 saturated heterocycles. The van der Waals surface area contributed by atoms with E-state index in [-0.39, 0.29) is 0 Å². The number of nitrogens with two attached hydrogens (primary N) is 2. The van der Waals surface area contributed by atoms with Crippen LogP contribution >= 0.6 is 23.5 Å². The van der Waals surface area contributed by atoms with Gasteiger partial charge >= 0.3 is 10.3 Å². The van der Waals surface area contributed by atoms with E-state index in [9.17, 15) is 0 Å². The van der Waals surface area contributed by atoms with Crippen molar-refractivity contribution in [2.45, 2.75) is 79.1 Å². The highest BCUT2D eigenvalue weighted by Gasteiger charge is 2.05. The monoisotopic (exact) mass is 560 g/mol. The zero-order chi connectivity index (χ0) is 27.2. The van der Waals surface area contributed by atoms with Crippen molar-refractivity contribution in [2.24, 2.45) is 11.5 Å². The van der Waals surface area contributed by atoms with Crippen LogP contribution in [0.15, 0.2) is 0 Å². The Morgan fingerprint density at radius 3 is 1.29 bits per heavy atom. The first kappa shape index (κ1) is 39.0. The molecule has 212 valence electrons. The van der Waals surface area contributed by atoms with Crippen LogP contribution in [0.5, 0.6) is 0 Å². The van der Waals surface area contributed by atoms with Crippen molar-refractivity contribution in [1.29, 1.82) is 0 Å². The van der Waals surface area contributed by atoms with Gasteiger partial charge in [0.05, 0.1) is 26.2 Å². The van der Waals surface area contributed by atoms with Crippen LogP contribution in [0.25, 0.3) is 0 Å². The average Bonchev–Trinajstić information content (AvgIpc) is 2.80. The van der Waals surface area contributed by atoms with Crippen LogP contribution in [0.3, 0.4) is 0 Å². The number of thioether (sulfide) groups is 2. The van der Waals surface area contributed by atoms with Crippen molar-refractivity contribution in [3.8, 4) is 0 Å². The molecule has 10 nitrogen and oxygen atoms in total. The SMILES string of the molecule is CCCCNC(=[NH+]CCCC)SCCN.CCCCNC(=[NH+]CCCC)SCCN.O=S(=O)([O-])[O-]. The van der Waals surface area contributed by atoms with E-state index in [1.54, 1.807) is 23.5 Å². The van der Waals surface area contributed by atoms with Gasteiger partial charge in [-0.15, -0.1) is 0 Å². The number of nitrogens with one attached hydrogen (secondary N) is 4. The second-order valence-electron chi connectivity index (χ2n) is 7.46. The molecule has 0 aromatic rings. The average molecular weight is 561 g/mol. The van der Waals surface area contributed by atoms with Crippen LogP contribution < -0.4 is 32.1 Å². The Hall–Kier alpha value is -0.570. The zero-order valence-corrected chi connectivity index (χ0v) is 24.8. The van der Waals surface area contributed by atoms with Crippen LogP contribution in [0, 0.1) is 0 Å². The van der Waals surface area contributed by atoms with E-state index >= 15 is 0 Å². The van der Waals surface area contributed by atoms with E-state index in [4.69, 9.17) is 29.0 Å². The largest absolute Gasteiger partial charge is 0.759 e. The van der Waals surface area contributed by atoms with Crippen LogP contribution in [-0.4, -0.2) is 78.6 Å². The van der Waals surface area contributed by atoms with Crippen molar-refractivity contribution < 1.29 is 27.5 Å². The summed E-state index contributed by atoms with van der Waals surface area (Å²) in [6.07, 6.45) is 9.83. The molecule has 0 atom stereocenters. The van der Waals surface area contributed by atoms with E-state index in [1.165, 1.54) is 61.7 Å². The smallest absolute Gasteiger partial charge is 0.304 e. The standard InChI is InChI=1S/2C11H25N3S.H2O4S/c2*1-3-5-8-13-11(15-10-7-12)14-9-6-4-2;1-5(2,3)4/h2*3-10,12H2,1-2H3,(H,13,14);(H2,1,2,3,4). The number of amidine groups is 2. The molecule has 0 aromatic carbocycles. The van der Waals surface area contributed by atoms with Gasteiger partial charge in [0, 0.05) is 35.0 Å². The molecule has 0 aliphatic heterocycles. The molecule has 0 unspecified atom stereocenters. The summed E-state index contributed by atoms with van der Waals surface area (Å²) < 4.78 is 34.1. The Morgan fingerprint density at radius 1 is 0.714 bits per heavy atom. The molecule has 0 heterocycles. The molecule has 0 bridgehead atoms. The number of unbranched alkanes of at least 4 members (excludes halogenated alkanes) is 4. The lowest BCUT2D eigenvalue weighted by molar-refractivity contribution is -0.457. The quantitative estimate of drug-likeness (QED) is 0.0462. The molecule has 0 aliphatic carbocycles. The molecule has 0 aromatic heterocycles. The van der Waals surface area contributed by atoms with Gasteiger partial charge in [0.25, 0.3) is 0 Å². The molecule has 0 radical (unpaired) electrons. The third kappa shape index (κ3) is 43.9. The van der Waals surface area contributed by atoms with Gasteiger partial charge in [0.2, 0.25) is 0 Å². The van der Waals surface area contributed by atoms with Gasteiger partial charge in [0.15, 0.2) is 0 Å². The van der Waals surface area contributed by atoms with Crippen molar-refractivity contribution in [3.63, 3.8) is 0 Å². The summed E-state index contributed by atoms with van der Waals surface area (Å²) in [7, 11) is -5.17. The fraction of sp³-hybridized carbons (Fsp3) is 0.909. The highest BCUT2D eigenvalue weighted by Crippen LogP contribution is 1.96. The summed E-state index contributed by atoms with van der Waals surface area (Å²) in [5, 5.41) is 9.25. The van der Waals surface area contributed by atoms with Gasteiger partial charge in [0.1, 0.15) is 0 Å². The third-order valence-corrected chi connectivity index (χ3v) is 6.03. The lowest BCUT2D eigenvalue weighted by atomic mass is 10.3. The number of hydrogen-bond donors (Lipinski definition) is 6. The molecule has 13 heteroatoms. The lowest BCUT2D eigenvalue weighted by Gasteiger charge is -2.06. The molecule has 0 fully saturated rings. The van der Waals surface area contributed by atoms with Crippen LogP contribution in [0.1, 0.15) is 79.1 Å². The van der Waals surface area contributed by atoms with Gasteiger partial charge < -0.3 is 20.6 Å². The predicted octanol–water partition coefficient (Wildman–Crippen LogP) is -0.729. The van der Waals surface area contributed by atoms with Crippen molar-refractivity contribution >= 4 is 44.3 Å². The Labute approximate surface area is 223 Å². The summed E-state index contributed by atoms with van der Waals surface area (Å²) in [5.74, 6) is 1.96. The van der Waals surface area contributed by atoms with Crippen LogP contribution in [-0.2, 0) is 10.4 Å². The molecular formula is C22H52N6O4S3. The molecule has 35 heavy (non-hydrogen) atoms. The normalized spacial score (nSPS) is 11.8. The second kappa shape index (κ2) is 31.5. The third-order valence-electron chi connectivity index (χ3n) is 3.99. The molecule has 0 amide bonds. The summed E-state index contributed by atoms with van der Waals surface area (Å²) >= 11 is 3.58. The summed E-state index contributed by atoms with van der Waals surface area (Å²) in [4.78, 5) is 6.85. The maximum absolute atomic E-state index is 8.52. The Morgan fingerprint density at radius 2 is 1.03 bits per heavy atom. The molecule has 0 aliphatic rings. The van der Waals surface area contributed by atoms with E-state index < -0.39 is 10.4 Å². The van der Waals surface area contributed by atoms with Crippen LogP contribution in [0.4, 0.5) is 0 Å². The van der Waals surface area contributed by atoms with Crippen molar-refractivity contribution in [3.05, 3.63) is 0 Å². The van der Waals surface area contributed by atoms with E-state index in [0.29, 0.717) is 0 Å². The predicted molar refractivity (Wildman–Crippen MR) is 151 cm³/mol.